The Morgan fingerprint density at radius 2 is 1.20 bits per heavy atom. The van der Waals surface area contributed by atoms with Crippen molar-refractivity contribution in [3.63, 3.8) is 0 Å². The number of guanidine groups is 1. The molecule has 10 atom stereocenters. The Hall–Kier alpha value is -7.53. The summed E-state index contributed by atoms with van der Waals surface area (Å²) < 4.78 is 0. The minimum atomic E-state index is -1.64. The van der Waals surface area contributed by atoms with E-state index in [-0.39, 0.29) is 50.5 Å². The number of amides is 11. The van der Waals surface area contributed by atoms with Crippen molar-refractivity contribution in [2.45, 2.75) is 154 Å². The zero-order valence-electron chi connectivity index (χ0n) is 46.1. The highest BCUT2D eigenvalue weighted by atomic mass is 32.2. The molecule has 0 spiro atoms. The normalized spacial score (nSPS) is 15.0. The molecule has 0 aliphatic heterocycles. The molecule has 1 aromatic heterocycles. The number of fused-ring (bicyclic) bond motifs is 1. The van der Waals surface area contributed by atoms with Crippen LogP contribution in [0.5, 0.6) is 0 Å². The number of nitrogens with zero attached hydrogens (tertiary/aromatic N) is 1. The van der Waals surface area contributed by atoms with Crippen molar-refractivity contribution >= 4 is 93.6 Å². The van der Waals surface area contributed by atoms with E-state index in [1.165, 1.54) is 32.5 Å². The number of aliphatic imine (C=N–C) groups is 1. The van der Waals surface area contributed by atoms with Crippen molar-refractivity contribution in [3.05, 3.63) is 36.0 Å². The lowest BCUT2D eigenvalue weighted by Crippen LogP contribution is -2.61. The topological polar surface area (TPSA) is 475 Å². The predicted molar refractivity (Wildman–Crippen MR) is 296 cm³/mol. The second kappa shape index (κ2) is 33.7. The van der Waals surface area contributed by atoms with Crippen LogP contribution in [-0.4, -0.2) is 167 Å². The summed E-state index contributed by atoms with van der Waals surface area (Å²) in [5.74, 6) is -9.28. The predicted octanol–water partition coefficient (Wildman–Crippen LogP) is -4.29. The number of hydrogen-bond acceptors (Lipinski definition) is 15. The van der Waals surface area contributed by atoms with E-state index in [1.54, 1.807) is 44.3 Å². The Morgan fingerprint density at radius 1 is 0.633 bits per heavy atom. The number of thioether (sulfide) groups is 1. The number of benzene rings is 1. The number of rotatable bonds is 35. The Balaban J connectivity index is 2.24. The molecular weight excluding hydrogens is 1050 g/mol. The summed E-state index contributed by atoms with van der Waals surface area (Å²) in [6.07, 6.45) is 1.85. The fourth-order valence-corrected chi connectivity index (χ4v) is 8.23. The summed E-state index contributed by atoms with van der Waals surface area (Å²) in [6.45, 7) is 10.3. The van der Waals surface area contributed by atoms with E-state index in [0.717, 1.165) is 0 Å². The maximum absolute atomic E-state index is 14.2. The lowest BCUT2D eigenvalue weighted by molar-refractivity contribution is -0.136. The van der Waals surface area contributed by atoms with Gasteiger partial charge in [-0.15, -0.1) is 0 Å². The first-order valence-electron chi connectivity index (χ1n) is 25.9. The van der Waals surface area contributed by atoms with Gasteiger partial charge in [0.25, 0.3) is 0 Å². The first-order valence-corrected chi connectivity index (χ1v) is 27.3. The molecule has 28 nitrogen and oxygen atoms in total. The van der Waals surface area contributed by atoms with Crippen molar-refractivity contribution in [3.8, 4) is 0 Å². The van der Waals surface area contributed by atoms with Gasteiger partial charge in [-0.05, 0) is 88.3 Å². The van der Waals surface area contributed by atoms with Crippen LogP contribution in [0.15, 0.2) is 35.5 Å². The van der Waals surface area contributed by atoms with Gasteiger partial charge in [0.15, 0.2) is 5.96 Å². The molecule has 2 aromatic rings. The average molecular weight is 1130 g/mol. The van der Waals surface area contributed by atoms with Crippen LogP contribution >= 0.6 is 11.8 Å². The molecule has 0 aliphatic rings. The fourth-order valence-electron chi connectivity index (χ4n) is 7.76. The number of aromatic amines is 1. The third-order valence-corrected chi connectivity index (χ3v) is 12.9. The maximum atomic E-state index is 14.2. The third kappa shape index (κ3) is 23.9. The van der Waals surface area contributed by atoms with Gasteiger partial charge in [0.1, 0.15) is 48.3 Å². The van der Waals surface area contributed by atoms with Crippen molar-refractivity contribution in [2.75, 3.05) is 25.1 Å². The molecule has 0 fully saturated rings. The number of nitrogens with two attached hydrogens (primary N) is 5. The molecule has 0 unspecified atom stereocenters. The van der Waals surface area contributed by atoms with Gasteiger partial charge in [0.2, 0.25) is 65.0 Å². The first-order chi connectivity index (χ1) is 37.1. The monoisotopic (exact) mass is 1130 g/mol. The Bertz CT molecular complexity index is 2470. The van der Waals surface area contributed by atoms with E-state index >= 15 is 0 Å². The number of aromatic nitrogens is 1. The van der Waals surface area contributed by atoms with Gasteiger partial charge in [-0.1, -0.05) is 45.9 Å². The van der Waals surface area contributed by atoms with Crippen molar-refractivity contribution < 1.29 is 57.8 Å². The van der Waals surface area contributed by atoms with Crippen LogP contribution in [0, 0.1) is 11.8 Å². The van der Waals surface area contributed by atoms with E-state index in [0.29, 0.717) is 28.6 Å². The number of para-hydroxylation sites is 1. The fraction of sp³-hybridized carbons (Fsp3) is 0.600. The second-order valence-electron chi connectivity index (χ2n) is 19.9. The number of carbonyl (C=O) groups excluding carboxylic acids is 11. The van der Waals surface area contributed by atoms with Crippen LogP contribution in [0.2, 0.25) is 0 Å². The maximum Gasteiger partial charge on any atom is 0.245 e. The number of aliphatic hydroxyl groups excluding tert-OH is 1. The highest BCUT2D eigenvalue weighted by Gasteiger charge is 2.35. The number of aliphatic hydroxyl groups is 1. The lowest BCUT2D eigenvalue weighted by atomic mass is 10.0. The van der Waals surface area contributed by atoms with Crippen LogP contribution in [0.4, 0.5) is 0 Å². The van der Waals surface area contributed by atoms with E-state index in [2.05, 4.69) is 57.8 Å². The molecule has 0 radical (unpaired) electrons. The van der Waals surface area contributed by atoms with Crippen molar-refractivity contribution in [1.29, 1.82) is 0 Å². The van der Waals surface area contributed by atoms with Crippen LogP contribution in [0.25, 0.3) is 10.9 Å². The van der Waals surface area contributed by atoms with E-state index in [9.17, 15) is 57.8 Å². The standard InChI is InChI=1S/C50H82N16O12S/c1-24(2)20-35(47(76)61-33(41(53)70)17-19-79-8)63-42(71)26(5)59-38(69)23-58-48(77)39(25(3)4)65-43(72)27(6)60-46(75)36(21-29-22-57-32-14-10-9-12-30(29)32)64-45(74)34(15-16-37(52)68)62-49(78)40(28(7)67)66-44(73)31(51)13-11-18-56-50(54)55/h9-10,12,14,22,24-28,31,33-36,39-40,57,67H,11,13,15-21,23,51H2,1-8H3,(H2,52,68)(H2,53,70)(H,58,77)(H,59,69)(H,60,75)(H,61,76)(H,62,78)(H,63,71)(H,64,74)(H,65,72)(H,66,73)(H4,54,55,56)/t26-,27-,28+,31-,33-,34-,35-,36-,39-,40-/m0/s1. The van der Waals surface area contributed by atoms with E-state index in [4.69, 9.17) is 28.7 Å². The smallest absolute Gasteiger partial charge is 0.245 e. The minimum Gasteiger partial charge on any atom is -0.391 e. The number of carbonyl (C=O) groups is 11. The van der Waals surface area contributed by atoms with Gasteiger partial charge < -0.3 is 86.6 Å². The quantitative estimate of drug-likeness (QED) is 0.0176. The molecule has 1 aromatic carbocycles. The molecule has 79 heavy (non-hydrogen) atoms. The summed E-state index contributed by atoms with van der Waals surface area (Å²) in [5, 5.41) is 33.8. The Labute approximate surface area is 463 Å². The van der Waals surface area contributed by atoms with Crippen LogP contribution < -0.4 is 76.5 Å². The molecule has 1 heterocycles. The van der Waals surface area contributed by atoms with E-state index < -0.39 is 144 Å². The van der Waals surface area contributed by atoms with Crippen LogP contribution in [0.1, 0.15) is 92.6 Å². The number of primary amides is 2. The van der Waals surface area contributed by atoms with Gasteiger partial charge in [-0.25, -0.2) is 0 Å². The zero-order valence-corrected chi connectivity index (χ0v) is 46.9. The summed E-state index contributed by atoms with van der Waals surface area (Å²) in [4.78, 5) is 152. The summed E-state index contributed by atoms with van der Waals surface area (Å²) >= 11 is 1.46. The average Bonchev–Trinajstić information content (AvgIpc) is 3.78. The molecule has 11 amide bonds. The zero-order chi connectivity index (χ0) is 59.7. The molecule has 440 valence electrons. The van der Waals surface area contributed by atoms with Gasteiger partial charge in [-0.2, -0.15) is 11.8 Å². The molecule has 29 heteroatoms. The molecule has 21 N–H and O–H groups in total. The number of nitrogens with one attached hydrogen (secondary N) is 10. The molecule has 2 rings (SSSR count). The van der Waals surface area contributed by atoms with Gasteiger partial charge in [-0.3, -0.25) is 57.7 Å². The molecular formula is C50H82N16O12S. The second-order valence-corrected chi connectivity index (χ2v) is 20.9. The molecule has 0 bridgehead atoms. The Morgan fingerprint density at radius 3 is 1.80 bits per heavy atom. The van der Waals surface area contributed by atoms with Crippen LogP contribution in [-0.2, 0) is 59.2 Å². The van der Waals surface area contributed by atoms with Gasteiger partial charge in [0.05, 0.1) is 18.7 Å². The van der Waals surface area contributed by atoms with Crippen LogP contribution in [0.3, 0.4) is 0 Å². The lowest BCUT2D eigenvalue weighted by Gasteiger charge is -2.27. The highest BCUT2D eigenvalue weighted by Crippen LogP contribution is 2.20. The number of H-pyrrole nitrogens is 1. The van der Waals surface area contributed by atoms with Crippen molar-refractivity contribution in [2.24, 2.45) is 45.5 Å². The highest BCUT2D eigenvalue weighted by molar-refractivity contribution is 7.98. The SMILES string of the molecule is CSCC[C@H](NC(=O)[C@H](CC(C)C)NC(=O)[C@H](C)NC(=O)CNC(=O)[C@@H](NC(=O)[C@H](C)NC(=O)[C@H](Cc1c[nH]c2ccccc12)NC(=O)[C@H](CCC(N)=O)NC(=O)[C@@H](NC(=O)[C@@H](N)CCCN=C(N)N)[C@@H](C)O)C(C)C)C(N)=O. The molecule has 0 saturated heterocycles. The third-order valence-electron chi connectivity index (χ3n) is 12.2. The van der Waals surface area contributed by atoms with Gasteiger partial charge >= 0.3 is 0 Å². The molecule has 0 aliphatic carbocycles. The first kappa shape index (κ1) is 67.6. The largest absolute Gasteiger partial charge is 0.391 e. The van der Waals surface area contributed by atoms with Gasteiger partial charge in [0, 0.05) is 36.5 Å². The van der Waals surface area contributed by atoms with Crippen molar-refractivity contribution in [1.82, 2.24) is 52.8 Å². The Kier molecular flexibility index (Phi) is 28.8. The summed E-state index contributed by atoms with van der Waals surface area (Å²) in [5.41, 5.74) is 28.8. The summed E-state index contributed by atoms with van der Waals surface area (Å²) in [7, 11) is 0. The molecule has 0 saturated carbocycles. The minimum absolute atomic E-state index is 0.0552. The van der Waals surface area contributed by atoms with E-state index in [1.807, 2.05) is 20.1 Å². The number of hydrogen-bond donors (Lipinski definition) is 16. The summed E-state index contributed by atoms with van der Waals surface area (Å²) in [6, 6.07) is -4.55.